The van der Waals surface area contributed by atoms with Crippen LogP contribution in [0.25, 0.3) is 0 Å². The monoisotopic (exact) mass is 269 g/mol. The number of ether oxygens (including phenoxy) is 1. The maximum Gasteiger partial charge on any atom is 0.218 e. The molecule has 1 N–H and O–H groups in total. The van der Waals surface area contributed by atoms with Gasteiger partial charge in [0, 0.05) is 30.7 Å². The highest BCUT2D eigenvalue weighted by atomic mass is 16.5. The van der Waals surface area contributed by atoms with Crippen molar-refractivity contribution < 1.29 is 4.74 Å². The van der Waals surface area contributed by atoms with E-state index < -0.39 is 0 Å². The minimum atomic E-state index is 0.271. The highest BCUT2D eigenvalue weighted by Crippen LogP contribution is 2.17. The first-order valence-electron chi connectivity index (χ1n) is 6.36. The number of nitrogens with zero attached hydrogens (tertiary/aromatic N) is 4. The second kappa shape index (κ2) is 7.04. The van der Waals surface area contributed by atoms with E-state index in [-0.39, 0.29) is 5.69 Å². The molecule has 102 valence electrons. The van der Waals surface area contributed by atoms with Crippen LogP contribution in [0.2, 0.25) is 0 Å². The lowest BCUT2D eigenvalue weighted by molar-refractivity contribution is 0.302. The molecule has 0 aliphatic carbocycles. The molecule has 0 aliphatic rings. The molecule has 2 rings (SSSR count). The third kappa shape index (κ3) is 3.42. The third-order valence-corrected chi connectivity index (χ3v) is 2.54. The van der Waals surface area contributed by atoms with Gasteiger partial charge in [-0.05, 0) is 12.5 Å². The lowest BCUT2D eigenvalue weighted by Crippen LogP contribution is -2.07. The average molecular weight is 269 g/mol. The Balaban J connectivity index is 2.09. The number of nitrogens with one attached hydrogen (secondary N) is 1. The van der Waals surface area contributed by atoms with Crippen molar-refractivity contribution in [1.29, 1.82) is 5.26 Å². The fourth-order valence-corrected chi connectivity index (χ4v) is 1.62. The smallest absolute Gasteiger partial charge is 0.218 e. The topological polar surface area (TPSA) is 83.7 Å². The van der Waals surface area contributed by atoms with Crippen LogP contribution in [-0.4, -0.2) is 21.6 Å². The first-order chi connectivity index (χ1) is 9.85. The van der Waals surface area contributed by atoms with E-state index in [4.69, 9.17) is 10.00 Å². The summed E-state index contributed by atoms with van der Waals surface area (Å²) >= 11 is 0. The first kappa shape index (κ1) is 13.7. The van der Waals surface area contributed by atoms with Crippen LogP contribution in [0, 0.1) is 11.3 Å². The number of nitriles is 1. The lowest BCUT2D eigenvalue weighted by Gasteiger charge is -2.10. The predicted octanol–water partition coefficient (Wildman–Crippen LogP) is 2.14. The van der Waals surface area contributed by atoms with E-state index in [2.05, 4.69) is 20.3 Å². The van der Waals surface area contributed by atoms with Gasteiger partial charge in [0.25, 0.3) is 0 Å². The van der Waals surface area contributed by atoms with Gasteiger partial charge in [0.05, 0.1) is 6.61 Å². The predicted molar refractivity (Wildman–Crippen MR) is 74.1 cm³/mol. The number of hydrogen-bond donors (Lipinski definition) is 1. The largest absolute Gasteiger partial charge is 0.477 e. The van der Waals surface area contributed by atoms with Gasteiger partial charge in [0.2, 0.25) is 5.88 Å². The number of anilines is 1. The minimum absolute atomic E-state index is 0.271. The number of rotatable bonds is 6. The summed E-state index contributed by atoms with van der Waals surface area (Å²) in [5.74, 6) is 1.06. The molecule has 0 atom stereocenters. The van der Waals surface area contributed by atoms with Crippen molar-refractivity contribution in [3.8, 4) is 11.9 Å². The van der Waals surface area contributed by atoms with E-state index in [9.17, 15) is 0 Å². The van der Waals surface area contributed by atoms with Gasteiger partial charge in [0.15, 0.2) is 11.5 Å². The zero-order valence-corrected chi connectivity index (χ0v) is 11.2. The van der Waals surface area contributed by atoms with Gasteiger partial charge >= 0.3 is 0 Å². The van der Waals surface area contributed by atoms with Crippen molar-refractivity contribution in [1.82, 2.24) is 15.0 Å². The summed E-state index contributed by atoms with van der Waals surface area (Å²) in [6.45, 7) is 3.14. The standard InChI is InChI=1S/C14H15N5O/c1-2-8-20-14-11(4-3-5-18-14)10-19-13-12(9-15)16-6-7-17-13/h3-7H,2,8,10H2,1H3,(H,17,19). The molecule has 6 heteroatoms. The Morgan fingerprint density at radius 3 is 2.90 bits per heavy atom. The number of pyridine rings is 1. The quantitative estimate of drug-likeness (QED) is 0.865. The van der Waals surface area contributed by atoms with Crippen molar-refractivity contribution in [3.05, 3.63) is 42.0 Å². The molecule has 0 unspecified atom stereocenters. The Labute approximate surface area is 117 Å². The Hall–Kier alpha value is -2.68. The van der Waals surface area contributed by atoms with E-state index in [1.807, 2.05) is 25.1 Å². The number of hydrogen-bond acceptors (Lipinski definition) is 6. The number of aromatic nitrogens is 3. The minimum Gasteiger partial charge on any atom is -0.477 e. The average Bonchev–Trinajstić information content (AvgIpc) is 2.52. The van der Waals surface area contributed by atoms with E-state index in [0.717, 1.165) is 12.0 Å². The summed E-state index contributed by atoms with van der Waals surface area (Å²) in [5.41, 5.74) is 1.18. The SMILES string of the molecule is CCCOc1ncccc1CNc1nccnc1C#N. The summed E-state index contributed by atoms with van der Waals surface area (Å²) < 4.78 is 5.58. The summed E-state index contributed by atoms with van der Waals surface area (Å²) in [6.07, 6.45) is 5.65. The second-order valence-electron chi connectivity index (χ2n) is 4.04. The molecule has 0 saturated heterocycles. The third-order valence-electron chi connectivity index (χ3n) is 2.54. The van der Waals surface area contributed by atoms with Gasteiger partial charge in [-0.3, -0.25) is 0 Å². The van der Waals surface area contributed by atoms with Gasteiger partial charge in [-0.1, -0.05) is 13.0 Å². The Bertz CT molecular complexity index is 609. The van der Waals surface area contributed by atoms with Crippen LogP contribution in [0.15, 0.2) is 30.7 Å². The Morgan fingerprint density at radius 1 is 1.25 bits per heavy atom. The van der Waals surface area contributed by atoms with Crippen LogP contribution in [0.3, 0.4) is 0 Å². The van der Waals surface area contributed by atoms with Gasteiger partial charge in [-0.2, -0.15) is 5.26 Å². The Kier molecular flexibility index (Phi) is 4.84. The first-order valence-corrected chi connectivity index (χ1v) is 6.36. The molecule has 0 amide bonds. The van der Waals surface area contributed by atoms with Gasteiger partial charge < -0.3 is 10.1 Å². The molecule has 0 radical (unpaired) electrons. The fraction of sp³-hybridized carbons (Fsp3) is 0.286. The molecule has 0 aliphatic heterocycles. The van der Waals surface area contributed by atoms with Crippen LogP contribution in [0.4, 0.5) is 5.82 Å². The van der Waals surface area contributed by atoms with Crippen molar-refractivity contribution in [2.45, 2.75) is 19.9 Å². The maximum atomic E-state index is 8.96. The highest BCUT2D eigenvalue weighted by Gasteiger charge is 2.07. The molecule has 0 aromatic carbocycles. The second-order valence-corrected chi connectivity index (χ2v) is 4.04. The van der Waals surface area contributed by atoms with E-state index in [1.165, 1.54) is 6.20 Å². The van der Waals surface area contributed by atoms with Crippen molar-refractivity contribution in [2.24, 2.45) is 0 Å². The summed E-state index contributed by atoms with van der Waals surface area (Å²) in [4.78, 5) is 12.3. The molecule has 2 aromatic rings. The van der Waals surface area contributed by atoms with Crippen LogP contribution in [0.5, 0.6) is 5.88 Å². The van der Waals surface area contributed by atoms with Crippen LogP contribution >= 0.6 is 0 Å². The van der Waals surface area contributed by atoms with Crippen LogP contribution < -0.4 is 10.1 Å². The van der Waals surface area contributed by atoms with E-state index >= 15 is 0 Å². The molecular weight excluding hydrogens is 254 g/mol. The molecule has 2 aromatic heterocycles. The maximum absolute atomic E-state index is 8.96. The summed E-state index contributed by atoms with van der Waals surface area (Å²) in [7, 11) is 0. The molecule has 0 bridgehead atoms. The lowest BCUT2D eigenvalue weighted by atomic mass is 10.2. The molecule has 0 fully saturated rings. The van der Waals surface area contributed by atoms with Gasteiger partial charge in [-0.15, -0.1) is 0 Å². The molecule has 0 spiro atoms. The highest BCUT2D eigenvalue weighted by molar-refractivity contribution is 5.47. The van der Waals surface area contributed by atoms with E-state index in [1.54, 1.807) is 12.4 Å². The zero-order chi connectivity index (χ0) is 14.2. The molecule has 6 nitrogen and oxygen atoms in total. The zero-order valence-electron chi connectivity index (χ0n) is 11.2. The summed E-state index contributed by atoms with van der Waals surface area (Å²) in [5, 5.41) is 12.0. The Morgan fingerprint density at radius 2 is 2.10 bits per heavy atom. The molecule has 20 heavy (non-hydrogen) atoms. The summed E-state index contributed by atoms with van der Waals surface area (Å²) in [6, 6.07) is 5.77. The van der Waals surface area contributed by atoms with Crippen molar-refractivity contribution in [3.63, 3.8) is 0 Å². The molecule has 0 saturated carbocycles. The van der Waals surface area contributed by atoms with Gasteiger partial charge in [-0.25, -0.2) is 15.0 Å². The fourth-order valence-electron chi connectivity index (χ4n) is 1.62. The molecule has 2 heterocycles. The van der Waals surface area contributed by atoms with Crippen molar-refractivity contribution in [2.75, 3.05) is 11.9 Å². The van der Waals surface area contributed by atoms with Crippen molar-refractivity contribution >= 4 is 5.82 Å². The van der Waals surface area contributed by atoms with E-state index in [0.29, 0.717) is 24.8 Å². The van der Waals surface area contributed by atoms with Crippen LogP contribution in [-0.2, 0) is 6.54 Å². The normalized spacial score (nSPS) is 9.80. The molecular formula is C14H15N5O. The van der Waals surface area contributed by atoms with Gasteiger partial charge in [0.1, 0.15) is 6.07 Å². The van der Waals surface area contributed by atoms with Crippen LogP contribution in [0.1, 0.15) is 24.6 Å².